The summed E-state index contributed by atoms with van der Waals surface area (Å²) in [6.07, 6.45) is 0.448. The van der Waals surface area contributed by atoms with Crippen molar-refractivity contribution in [2.45, 2.75) is 6.92 Å². The minimum absolute atomic E-state index is 0.0746. The largest absolute Gasteiger partial charge is 0.462 e. The van der Waals surface area contributed by atoms with Crippen molar-refractivity contribution >= 4 is 23.9 Å². The van der Waals surface area contributed by atoms with Crippen LogP contribution in [0.4, 0.5) is 4.39 Å². The third-order valence-corrected chi connectivity index (χ3v) is 1.98. The van der Waals surface area contributed by atoms with E-state index in [0.29, 0.717) is 6.29 Å². The molecule has 0 unspecified atom stereocenters. The molecule has 0 aliphatic heterocycles. The number of rotatable bonds is 3. The van der Waals surface area contributed by atoms with E-state index in [0.717, 1.165) is 6.07 Å². The first-order valence-electron chi connectivity index (χ1n) is 4.21. The molecule has 0 bridgehead atoms. The van der Waals surface area contributed by atoms with Gasteiger partial charge in [0.15, 0.2) is 0 Å². The zero-order valence-electron chi connectivity index (χ0n) is 7.92. The number of hydrogen-bond acceptors (Lipinski definition) is 3. The van der Waals surface area contributed by atoms with Gasteiger partial charge in [0, 0.05) is 5.56 Å². The van der Waals surface area contributed by atoms with Gasteiger partial charge in [-0.2, -0.15) is 0 Å². The summed E-state index contributed by atoms with van der Waals surface area (Å²) in [6.45, 7) is 1.73. The Labute approximate surface area is 90.8 Å². The molecular formula is C10H8ClFO3. The Hall–Kier alpha value is -1.42. The zero-order chi connectivity index (χ0) is 11.4. The molecule has 0 amide bonds. The molecule has 0 radical (unpaired) electrons. The molecule has 0 aliphatic carbocycles. The first-order valence-corrected chi connectivity index (χ1v) is 4.59. The summed E-state index contributed by atoms with van der Waals surface area (Å²) in [4.78, 5) is 21.6. The van der Waals surface area contributed by atoms with Crippen LogP contribution in [0.3, 0.4) is 0 Å². The highest BCUT2D eigenvalue weighted by Gasteiger charge is 2.18. The number of esters is 1. The second-order valence-corrected chi connectivity index (χ2v) is 3.11. The first-order chi connectivity index (χ1) is 7.10. The highest BCUT2D eigenvalue weighted by molar-refractivity contribution is 6.33. The minimum Gasteiger partial charge on any atom is -0.462 e. The number of benzene rings is 1. The van der Waals surface area contributed by atoms with Gasteiger partial charge in [0.05, 0.1) is 11.6 Å². The SMILES string of the molecule is CCOC(=O)c1c(F)cc(C=O)cc1Cl. The molecular weight excluding hydrogens is 223 g/mol. The van der Waals surface area contributed by atoms with Crippen LogP contribution in [0.2, 0.25) is 5.02 Å². The van der Waals surface area contributed by atoms with E-state index >= 15 is 0 Å². The van der Waals surface area contributed by atoms with Crippen molar-refractivity contribution in [3.63, 3.8) is 0 Å². The second-order valence-electron chi connectivity index (χ2n) is 2.70. The quantitative estimate of drug-likeness (QED) is 0.592. The maximum atomic E-state index is 13.3. The minimum atomic E-state index is -0.858. The average Bonchev–Trinajstić information content (AvgIpc) is 2.16. The predicted molar refractivity (Wildman–Crippen MR) is 52.8 cm³/mol. The van der Waals surface area contributed by atoms with Crippen molar-refractivity contribution in [2.24, 2.45) is 0 Å². The van der Waals surface area contributed by atoms with Crippen LogP contribution in [0.15, 0.2) is 12.1 Å². The molecule has 0 atom stereocenters. The van der Waals surface area contributed by atoms with Gasteiger partial charge in [-0.15, -0.1) is 0 Å². The Morgan fingerprint density at radius 1 is 1.60 bits per heavy atom. The van der Waals surface area contributed by atoms with Gasteiger partial charge in [0.1, 0.15) is 17.7 Å². The van der Waals surface area contributed by atoms with E-state index in [1.54, 1.807) is 6.92 Å². The third-order valence-electron chi connectivity index (χ3n) is 1.68. The van der Waals surface area contributed by atoms with E-state index in [4.69, 9.17) is 11.6 Å². The zero-order valence-corrected chi connectivity index (χ0v) is 8.68. The Morgan fingerprint density at radius 2 is 2.27 bits per heavy atom. The molecule has 5 heteroatoms. The number of hydrogen-bond donors (Lipinski definition) is 0. The summed E-state index contributed by atoms with van der Waals surface area (Å²) >= 11 is 5.64. The van der Waals surface area contributed by atoms with E-state index in [-0.39, 0.29) is 22.8 Å². The van der Waals surface area contributed by atoms with Gasteiger partial charge in [-0.05, 0) is 19.1 Å². The van der Waals surface area contributed by atoms with E-state index < -0.39 is 11.8 Å². The lowest BCUT2D eigenvalue weighted by Crippen LogP contribution is -2.08. The van der Waals surface area contributed by atoms with Gasteiger partial charge < -0.3 is 4.74 Å². The molecule has 0 spiro atoms. The van der Waals surface area contributed by atoms with E-state index in [9.17, 15) is 14.0 Å². The first kappa shape index (κ1) is 11.7. The average molecular weight is 231 g/mol. The molecule has 15 heavy (non-hydrogen) atoms. The topological polar surface area (TPSA) is 43.4 Å². The summed E-state index contributed by atoms with van der Waals surface area (Å²) in [5, 5.41) is -0.129. The molecule has 1 aromatic rings. The Bertz CT molecular complexity index is 381. The number of carbonyl (C=O) groups excluding carboxylic acids is 2. The lowest BCUT2D eigenvalue weighted by atomic mass is 10.1. The third kappa shape index (κ3) is 2.53. The van der Waals surface area contributed by atoms with Gasteiger partial charge in [-0.25, -0.2) is 9.18 Å². The molecule has 1 rings (SSSR count). The second kappa shape index (κ2) is 4.89. The van der Waals surface area contributed by atoms with Crippen LogP contribution in [-0.4, -0.2) is 18.9 Å². The fourth-order valence-electron chi connectivity index (χ4n) is 1.06. The maximum Gasteiger partial charge on any atom is 0.342 e. The molecule has 3 nitrogen and oxygen atoms in total. The number of ether oxygens (including phenoxy) is 1. The van der Waals surface area contributed by atoms with Crippen LogP contribution in [-0.2, 0) is 4.74 Å². The van der Waals surface area contributed by atoms with Crippen molar-refractivity contribution in [3.05, 3.63) is 34.1 Å². The summed E-state index contributed by atoms with van der Waals surface area (Å²) in [6, 6.07) is 2.15. The van der Waals surface area contributed by atoms with E-state index in [1.807, 2.05) is 0 Å². The summed E-state index contributed by atoms with van der Waals surface area (Å²) in [5.41, 5.74) is -0.269. The van der Waals surface area contributed by atoms with Crippen molar-refractivity contribution in [1.29, 1.82) is 0 Å². The highest BCUT2D eigenvalue weighted by atomic mass is 35.5. The predicted octanol–water partition coefficient (Wildman–Crippen LogP) is 2.47. The van der Waals surface area contributed by atoms with Gasteiger partial charge >= 0.3 is 5.97 Å². The smallest absolute Gasteiger partial charge is 0.342 e. The molecule has 0 aliphatic rings. The number of aldehydes is 1. The molecule has 80 valence electrons. The van der Waals surface area contributed by atoms with Crippen LogP contribution >= 0.6 is 11.6 Å². The Balaban J connectivity index is 3.19. The van der Waals surface area contributed by atoms with Crippen LogP contribution < -0.4 is 0 Å². The molecule has 0 fully saturated rings. The molecule has 0 N–H and O–H groups in total. The Kier molecular flexibility index (Phi) is 3.80. The van der Waals surface area contributed by atoms with Crippen LogP contribution in [0.5, 0.6) is 0 Å². The van der Waals surface area contributed by atoms with Crippen LogP contribution in [0.1, 0.15) is 27.6 Å². The van der Waals surface area contributed by atoms with Gasteiger partial charge in [0.2, 0.25) is 0 Å². The van der Waals surface area contributed by atoms with Gasteiger partial charge in [-0.1, -0.05) is 11.6 Å². The maximum absolute atomic E-state index is 13.3. The van der Waals surface area contributed by atoms with Crippen molar-refractivity contribution in [2.75, 3.05) is 6.61 Å². The summed E-state index contributed by atoms with van der Waals surface area (Å²) in [5.74, 6) is -1.69. The van der Waals surface area contributed by atoms with E-state index in [1.165, 1.54) is 6.07 Å². The van der Waals surface area contributed by atoms with Crippen LogP contribution in [0, 0.1) is 5.82 Å². The van der Waals surface area contributed by atoms with Crippen LogP contribution in [0.25, 0.3) is 0 Å². The molecule has 1 aromatic carbocycles. The highest BCUT2D eigenvalue weighted by Crippen LogP contribution is 2.21. The normalized spacial score (nSPS) is 9.80. The molecule has 0 aromatic heterocycles. The fraction of sp³-hybridized carbons (Fsp3) is 0.200. The molecule has 0 saturated carbocycles. The number of halogens is 2. The number of carbonyl (C=O) groups is 2. The Morgan fingerprint density at radius 3 is 2.73 bits per heavy atom. The van der Waals surface area contributed by atoms with E-state index in [2.05, 4.69) is 4.74 Å². The van der Waals surface area contributed by atoms with Gasteiger partial charge in [0.25, 0.3) is 0 Å². The summed E-state index contributed by atoms with van der Waals surface area (Å²) < 4.78 is 17.9. The monoisotopic (exact) mass is 230 g/mol. The molecule has 0 heterocycles. The van der Waals surface area contributed by atoms with Gasteiger partial charge in [-0.3, -0.25) is 4.79 Å². The standard InChI is InChI=1S/C10H8ClFO3/c1-2-15-10(14)9-7(11)3-6(5-13)4-8(9)12/h3-5H,2H2,1H3. The molecule has 0 saturated heterocycles. The summed E-state index contributed by atoms with van der Waals surface area (Å²) in [7, 11) is 0. The lowest BCUT2D eigenvalue weighted by Gasteiger charge is -2.05. The lowest BCUT2D eigenvalue weighted by molar-refractivity contribution is 0.0521. The van der Waals surface area contributed by atoms with Crippen molar-refractivity contribution in [3.8, 4) is 0 Å². The fourth-order valence-corrected chi connectivity index (χ4v) is 1.35. The van der Waals surface area contributed by atoms with Crippen molar-refractivity contribution in [1.82, 2.24) is 0 Å². The van der Waals surface area contributed by atoms with Crippen molar-refractivity contribution < 1.29 is 18.7 Å².